The standard InChI is InChI=1S/C65H117NO8/c1-3-5-7-9-11-13-15-17-19-21-23-24-25-26-27-28-29-30-31-32-33-34-35-36-37-39-41-43-45-47-49-51-53-55-61(69)66-58(57-73-65-64(72)63(71)62(70)60(56-67)74-65)59(68)54-52-50-48-46-44-42-40-38-22-20-18-16-14-12-10-8-6-4-2/h5,7,11,13,17,19,23-24,26-27,52,54,58-60,62-65,67-68,70-72H,3-4,6,8-10,12,14-16,18,20-22,25,28-51,53,55-57H2,1-2H3,(H,66,69)/b7-5-,13-11-,19-17-,24-23-,27-26-,54-52+. The molecule has 1 aliphatic rings. The van der Waals surface area contributed by atoms with E-state index in [4.69, 9.17) is 9.47 Å². The third-order valence-electron chi connectivity index (χ3n) is 14.5. The molecule has 1 amide bonds. The van der Waals surface area contributed by atoms with Gasteiger partial charge in [0.1, 0.15) is 24.4 Å². The Kier molecular flexibility index (Phi) is 50.8. The topological polar surface area (TPSA) is 149 Å². The van der Waals surface area contributed by atoms with E-state index in [1.54, 1.807) is 6.08 Å². The molecule has 0 aromatic carbocycles. The summed E-state index contributed by atoms with van der Waals surface area (Å²) in [6.07, 6.45) is 68.3. The summed E-state index contributed by atoms with van der Waals surface area (Å²) in [6, 6.07) is -0.807. The molecule has 1 fully saturated rings. The van der Waals surface area contributed by atoms with Gasteiger partial charge >= 0.3 is 0 Å². The third kappa shape index (κ3) is 42.7. The first-order valence-electron chi connectivity index (χ1n) is 31.2. The predicted molar refractivity (Wildman–Crippen MR) is 313 cm³/mol. The van der Waals surface area contributed by atoms with Gasteiger partial charge in [-0.05, 0) is 64.2 Å². The molecule has 7 atom stereocenters. The van der Waals surface area contributed by atoms with E-state index in [-0.39, 0.29) is 12.5 Å². The number of carbonyl (C=O) groups is 1. The second-order valence-electron chi connectivity index (χ2n) is 21.5. The fourth-order valence-corrected chi connectivity index (χ4v) is 9.66. The highest BCUT2D eigenvalue weighted by Gasteiger charge is 2.44. The number of aliphatic hydroxyl groups excluding tert-OH is 5. The van der Waals surface area contributed by atoms with Crippen molar-refractivity contribution in [2.45, 2.75) is 320 Å². The van der Waals surface area contributed by atoms with Crippen molar-refractivity contribution in [3.8, 4) is 0 Å². The van der Waals surface area contributed by atoms with Gasteiger partial charge < -0.3 is 40.3 Å². The lowest BCUT2D eigenvalue weighted by Crippen LogP contribution is -2.60. The van der Waals surface area contributed by atoms with Crippen LogP contribution in [0.4, 0.5) is 0 Å². The molecule has 0 bridgehead atoms. The molecule has 1 heterocycles. The van der Waals surface area contributed by atoms with Crippen LogP contribution in [-0.4, -0.2) is 87.5 Å². The molecule has 7 unspecified atom stereocenters. The summed E-state index contributed by atoms with van der Waals surface area (Å²) in [5, 5.41) is 54.6. The van der Waals surface area contributed by atoms with Crippen molar-refractivity contribution in [2.75, 3.05) is 13.2 Å². The van der Waals surface area contributed by atoms with Crippen molar-refractivity contribution in [3.05, 3.63) is 72.9 Å². The van der Waals surface area contributed by atoms with Crippen LogP contribution in [-0.2, 0) is 14.3 Å². The fourth-order valence-electron chi connectivity index (χ4n) is 9.66. The Hall–Kier alpha value is -2.37. The Balaban J connectivity index is 2.14. The largest absolute Gasteiger partial charge is 0.394 e. The van der Waals surface area contributed by atoms with Gasteiger partial charge in [0, 0.05) is 6.42 Å². The summed E-state index contributed by atoms with van der Waals surface area (Å²) in [5.74, 6) is -0.175. The summed E-state index contributed by atoms with van der Waals surface area (Å²) >= 11 is 0. The Morgan fingerprint density at radius 1 is 0.473 bits per heavy atom. The van der Waals surface area contributed by atoms with Crippen LogP contribution in [0.1, 0.15) is 277 Å². The van der Waals surface area contributed by atoms with Gasteiger partial charge in [0.2, 0.25) is 5.91 Å². The number of carbonyl (C=O) groups excluding carboxylic acids is 1. The summed E-state index contributed by atoms with van der Waals surface area (Å²) in [5.41, 5.74) is 0. The lowest BCUT2D eigenvalue weighted by Gasteiger charge is -2.40. The number of hydrogen-bond donors (Lipinski definition) is 6. The van der Waals surface area contributed by atoms with Crippen molar-refractivity contribution < 1.29 is 39.8 Å². The van der Waals surface area contributed by atoms with E-state index in [0.717, 1.165) is 70.6 Å². The smallest absolute Gasteiger partial charge is 0.220 e. The molecule has 1 aliphatic heterocycles. The monoisotopic (exact) mass is 1040 g/mol. The summed E-state index contributed by atoms with van der Waals surface area (Å²) in [4.78, 5) is 13.1. The number of aliphatic hydroxyl groups is 5. The van der Waals surface area contributed by atoms with Crippen LogP contribution < -0.4 is 5.32 Å². The number of ether oxygens (including phenoxy) is 2. The highest BCUT2D eigenvalue weighted by Crippen LogP contribution is 2.23. The Bertz CT molecular complexity index is 1390. The van der Waals surface area contributed by atoms with Crippen molar-refractivity contribution in [3.63, 3.8) is 0 Å². The minimum atomic E-state index is -1.57. The first-order valence-corrected chi connectivity index (χ1v) is 31.2. The number of nitrogens with one attached hydrogen (secondary N) is 1. The van der Waals surface area contributed by atoms with Crippen LogP contribution in [0.2, 0.25) is 0 Å². The van der Waals surface area contributed by atoms with Crippen LogP contribution in [0.15, 0.2) is 72.9 Å². The lowest BCUT2D eigenvalue weighted by molar-refractivity contribution is -0.302. The van der Waals surface area contributed by atoms with Crippen LogP contribution in [0.25, 0.3) is 0 Å². The van der Waals surface area contributed by atoms with E-state index in [9.17, 15) is 30.3 Å². The second-order valence-corrected chi connectivity index (χ2v) is 21.5. The molecule has 6 N–H and O–H groups in total. The van der Waals surface area contributed by atoms with E-state index in [1.165, 1.54) is 186 Å². The highest BCUT2D eigenvalue weighted by molar-refractivity contribution is 5.76. The molecule has 9 nitrogen and oxygen atoms in total. The molecule has 0 aliphatic carbocycles. The minimum absolute atomic E-state index is 0.175. The van der Waals surface area contributed by atoms with E-state index >= 15 is 0 Å². The molecular formula is C65H117NO8. The highest BCUT2D eigenvalue weighted by atomic mass is 16.7. The zero-order chi connectivity index (χ0) is 53.6. The third-order valence-corrected chi connectivity index (χ3v) is 14.5. The zero-order valence-corrected chi connectivity index (χ0v) is 47.8. The molecule has 9 heteroatoms. The quantitative estimate of drug-likeness (QED) is 0.0261. The van der Waals surface area contributed by atoms with Gasteiger partial charge in [-0.25, -0.2) is 0 Å². The van der Waals surface area contributed by atoms with Crippen molar-refractivity contribution >= 4 is 5.91 Å². The van der Waals surface area contributed by atoms with Gasteiger partial charge in [-0.15, -0.1) is 0 Å². The van der Waals surface area contributed by atoms with Gasteiger partial charge in [0.25, 0.3) is 0 Å². The Morgan fingerprint density at radius 3 is 1.24 bits per heavy atom. The number of unbranched alkanes of at least 4 members (excludes halogenated alkanes) is 33. The maximum Gasteiger partial charge on any atom is 0.220 e. The summed E-state index contributed by atoms with van der Waals surface area (Å²) in [6.45, 7) is 3.69. The van der Waals surface area contributed by atoms with Gasteiger partial charge in [0.05, 0.1) is 25.4 Å². The normalized spacial score (nSPS) is 19.5. The van der Waals surface area contributed by atoms with Gasteiger partial charge in [0.15, 0.2) is 6.29 Å². The van der Waals surface area contributed by atoms with E-state index < -0.39 is 49.5 Å². The molecule has 0 aromatic heterocycles. The SMILES string of the molecule is CC/C=C\C/C=C\C/C=C\C/C=C\C/C=C\CCCCCCCCCCCCCCCCCCCC(=O)NC(COC1OC(CO)C(O)C(O)C1O)C(O)/C=C/CCCCCCCCCCCCCCCCCC. The average molecular weight is 1040 g/mol. The number of rotatable bonds is 53. The second kappa shape index (κ2) is 54.0. The van der Waals surface area contributed by atoms with Crippen LogP contribution in [0.3, 0.4) is 0 Å². The van der Waals surface area contributed by atoms with E-state index in [1.807, 2.05) is 6.08 Å². The molecule has 74 heavy (non-hydrogen) atoms. The van der Waals surface area contributed by atoms with E-state index in [0.29, 0.717) is 6.42 Å². The van der Waals surface area contributed by atoms with Gasteiger partial charge in [-0.2, -0.15) is 0 Å². The van der Waals surface area contributed by atoms with Crippen LogP contribution in [0, 0.1) is 0 Å². The molecular weight excluding hydrogens is 923 g/mol. The Morgan fingerprint density at radius 2 is 0.838 bits per heavy atom. The number of allylic oxidation sites excluding steroid dienone is 11. The molecule has 1 saturated heterocycles. The maximum absolute atomic E-state index is 13.1. The zero-order valence-electron chi connectivity index (χ0n) is 47.8. The maximum atomic E-state index is 13.1. The molecule has 1 rings (SSSR count). The van der Waals surface area contributed by atoms with Gasteiger partial charge in [-0.1, -0.05) is 279 Å². The van der Waals surface area contributed by atoms with Crippen molar-refractivity contribution in [2.24, 2.45) is 0 Å². The molecule has 0 aromatic rings. The Labute approximate surface area is 455 Å². The summed E-state index contributed by atoms with van der Waals surface area (Å²) in [7, 11) is 0. The van der Waals surface area contributed by atoms with Crippen molar-refractivity contribution in [1.29, 1.82) is 0 Å². The number of hydrogen-bond acceptors (Lipinski definition) is 8. The van der Waals surface area contributed by atoms with Gasteiger partial charge in [-0.3, -0.25) is 4.79 Å². The molecule has 0 radical (unpaired) electrons. The lowest BCUT2D eigenvalue weighted by atomic mass is 9.99. The minimum Gasteiger partial charge on any atom is -0.394 e. The van der Waals surface area contributed by atoms with E-state index in [2.05, 4.69) is 79.9 Å². The first-order chi connectivity index (χ1) is 36.3. The predicted octanol–water partition coefficient (Wildman–Crippen LogP) is 16.0. The molecule has 0 spiro atoms. The number of amides is 1. The fraction of sp³-hybridized carbons (Fsp3) is 0.800. The van der Waals surface area contributed by atoms with Crippen LogP contribution in [0.5, 0.6) is 0 Å². The molecule has 430 valence electrons. The average Bonchev–Trinajstić information content (AvgIpc) is 3.40. The molecule has 0 saturated carbocycles. The van der Waals surface area contributed by atoms with Crippen LogP contribution >= 0.6 is 0 Å². The van der Waals surface area contributed by atoms with Crippen molar-refractivity contribution in [1.82, 2.24) is 5.32 Å². The summed E-state index contributed by atoms with van der Waals surface area (Å²) < 4.78 is 11.3. The first kappa shape index (κ1) is 69.6.